The molecule has 0 bridgehead atoms. The summed E-state index contributed by atoms with van der Waals surface area (Å²) in [6.07, 6.45) is 0.509. The molecule has 2 amide bonds. The first-order valence-corrected chi connectivity index (χ1v) is 10.6. The van der Waals surface area contributed by atoms with Crippen LogP contribution in [0.15, 0.2) is 59.2 Å². The van der Waals surface area contributed by atoms with Crippen LogP contribution in [0, 0.1) is 12.7 Å². The number of furan rings is 1. The highest BCUT2D eigenvalue weighted by Gasteiger charge is 2.38. The van der Waals surface area contributed by atoms with E-state index in [1.54, 1.807) is 37.3 Å². The minimum absolute atomic E-state index is 0.0115. The molecule has 0 fully saturated rings. The molecule has 1 heterocycles. The molecule has 0 spiro atoms. The van der Waals surface area contributed by atoms with Crippen LogP contribution in [-0.2, 0) is 4.79 Å². The maximum Gasteiger partial charge on any atom is 0.295 e. The summed E-state index contributed by atoms with van der Waals surface area (Å²) in [5.41, 5.74) is 0.699. The van der Waals surface area contributed by atoms with Crippen LogP contribution in [0.4, 0.5) is 10.1 Å². The largest absolute Gasteiger partial charge is 0.497 e. The summed E-state index contributed by atoms with van der Waals surface area (Å²) in [6.45, 7) is 3.09. The molecule has 1 aromatic heterocycles. The van der Waals surface area contributed by atoms with Crippen molar-refractivity contribution in [1.82, 2.24) is 5.32 Å². The molecule has 2 atom stereocenters. The van der Waals surface area contributed by atoms with E-state index >= 15 is 4.39 Å². The third-order valence-corrected chi connectivity index (χ3v) is 5.20. The Bertz CT molecular complexity index is 1160. The number of anilines is 1. The number of rotatable bonds is 9. The van der Waals surface area contributed by atoms with E-state index in [2.05, 4.69) is 5.32 Å². The predicted molar refractivity (Wildman–Crippen MR) is 124 cm³/mol. The van der Waals surface area contributed by atoms with Crippen LogP contribution in [0.25, 0.3) is 0 Å². The van der Waals surface area contributed by atoms with Gasteiger partial charge in [0.15, 0.2) is 5.76 Å². The molecule has 8 nitrogen and oxygen atoms in total. The second-order valence-corrected chi connectivity index (χ2v) is 7.66. The number of benzene rings is 2. The number of aliphatic hydroxyl groups is 1. The minimum atomic E-state index is -1.45. The zero-order valence-electron chi connectivity index (χ0n) is 19.4. The molecular weight excluding hydrogens is 443 g/mol. The molecule has 2 N–H and O–H groups in total. The van der Waals surface area contributed by atoms with E-state index in [-0.39, 0.29) is 29.3 Å². The number of aryl methyl sites for hydroxylation is 1. The third-order valence-electron chi connectivity index (χ3n) is 5.20. The number of aliphatic hydroxyl groups excluding tert-OH is 1. The summed E-state index contributed by atoms with van der Waals surface area (Å²) < 4.78 is 31.2. The minimum Gasteiger partial charge on any atom is -0.497 e. The van der Waals surface area contributed by atoms with Crippen molar-refractivity contribution in [2.75, 3.05) is 25.7 Å². The van der Waals surface area contributed by atoms with E-state index in [4.69, 9.17) is 13.9 Å². The van der Waals surface area contributed by atoms with Gasteiger partial charge in [-0.2, -0.15) is 0 Å². The molecular formula is C25H27FN2O6. The molecule has 0 aliphatic rings. The van der Waals surface area contributed by atoms with Gasteiger partial charge in [-0.3, -0.25) is 14.5 Å². The van der Waals surface area contributed by atoms with Crippen molar-refractivity contribution in [3.63, 3.8) is 0 Å². The van der Waals surface area contributed by atoms with Crippen LogP contribution in [0.2, 0.25) is 0 Å². The number of methoxy groups -OCH3 is 2. The standard InChI is InChI=1S/C25H27FN2O6/c1-15-11-12-34-23(15)25(31)28(20-10-9-17(32-3)13-21(20)33-4)22(24(30)27-14-16(2)29)18-7-5-6-8-19(18)26/h5-13,16,22,29H,14H2,1-4H3,(H,27,30)/t16-,22?/m1/s1. The second-order valence-electron chi connectivity index (χ2n) is 7.66. The summed E-state index contributed by atoms with van der Waals surface area (Å²) in [4.78, 5) is 28.4. The van der Waals surface area contributed by atoms with Crippen LogP contribution in [-0.4, -0.2) is 43.8 Å². The van der Waals surface area contributed by atoms with Gasteiger partial charge < -0.3 is 24.3 Å². The molecule has 0 radical (unpaired) electrons. The quantitative estimate of drug-likeness (QED) is 0.495. The molecule has 0 aliphatic heterocycles. The van der Waals surface area contributed by atoms with Gasteiger partial charge in [0, 0.05) is 23.7 Å². The first-order chi connectivity index (χ1) is 16.3. The summed E-state index contributed by atoms with van der Waals surface area (Å²) in [6, 6.07) is 10.5. The molecule has 9 heteroatoms. The molecule has 3 aromatic rings. The normalized spacial score (nSPS) is 12.5. The number of carbonyl (C=O) groups is 2. The number of amides is 2. The van der Waals surface area contributed by atoms with Crippen LogP contribution in [0.1, 0.15) is 34.6 Å². The number of nitrogens with one attached hydrogen (secondary N) is 1. The van der Waals surface area contributed by atoms with E-state index in [1.165, 1.54) is 45.6 Å². The molecule has 0 saturated carbocycles. The van der Waals surface area contributed by atoms with Gasteiger partial charge in [0.05, 0.1) is 32.3 Å². The number of carbonyl (C=O) groups excluding carboxylic acids is 2. The van der Waals surface area contributed by atoms with Gasteiger partial charge >= 0.3 is 0 Å². The lowest BCUT2D eigenvalue weighted by Crippen LogP contribution is -2.46. The molecule has 2 aromatic carbocycles. The first-order valence-electron chi connectivity index (χ1n) is 10.6. The van der Waals surface area contributed by atoms with E-state index < -0.39 is 29.8 Å². The van der Waals surface area contributed by atoms with E-state index in [9.17, 15) is 14.7 Å². The van der Waals surface area contributed by atoms with Crippen molar-refractivity contribution in [3.05, 3.63) is 77.5 Å². The number of hydrogen-bond acceptors (Lipinski definition) is 6. The smallest absolute Gasteiger partial charge is 0.295 e. The van der Waals surface area contributed by atoms with Crippen LogP contribution >= 0.6 is 0 Å². The highest BCUT2D eigenvalue weighted by atomic mass is 19.1. The van der Waals surface area contributed by atoms with Gasteiger partial charge in [-0.1, -0.05) is 18.2 Å². The Morgan fingerprint density at radius 1 is 1.15 bits per heavy atom. The van der Waals surface area contributed by atoms with Gasteiger partial charge in [0.25, 0.3) is 5.91 Å². The van der Waals surface area contributed by atoms with Gasteiger partial charge in [0.1, 0.15) is 23.4 Å². The average molecular weight is 470 g/mol. The van der Waals surface area contributed by atoms with Crippen LogP contribution in [0.5, 0.6) is 11.5 Å². The Balaban J connectivity index is 2.26. The second kappa shape index (κ2) is 10.8. The summed E-state index contributed by atoms with van der Waals surface area (Å²) >= 11 is 0. The fraction of sp³-hybridized carbons (Fsp3) is 0.280. The van der Waals surface area contributed by atoms with Gasteiger partial charge in [0.2, 0.25) is 5.91 Å². The van der Waals surface area contributed by atoms with Gasteiger partial charge in [-0.25, -0.2) is 4.39 Å². The molecule has 34 heavy (non-hydrogen) atoms. The lowest BCUT2D eigenvalue weighted by Gasteiger charge is -2.32. The van der Waals surface area contributed by atoms with Crippen molar-refractivity contribution in [2.45, 2.75) is 26.0 Å². The van der Waals surface area contributed by atoms with Crippen molar-refractivity contribution < 1.29 is 33.0 Å². The molecule has 1 unspecified atom stereocenters. The summed E-state index contributed by atoms with van der Waals surface area (Å²) in [5.74, 6) is -1.37. The Kier molecular flexibility index (Phi) is 7.91. The fourth-order valence-corrected chi connectivity index (χ4v) is 3.49. The first kappa shape index (κ1) is 24.8. The van der Waals surface area contributed by atoms with E-state index in [0.29, 0.717) is 11.3 Å². The summed E-state index contributed by atoms with van der Waals surface area (Å²) in [5, 5.41) is 12.3. The third kappa shape index (κ3) is 5.20. The maximum absolute atomic E-state index is 15.0. The Labute approximate surface area is 196 Å². The van der Waals surface area contributed by atoms with E-state index in [1.807, 2.05) is 0 Å². The van der Waals surface area contributed by atoms with Gasteiger partial charge in [-0.05, 0) is 38.1 Å². The number of halogens is 1. The summed E-state index contributed by atoms with van der Waals surface area (Å²) in [7, 11) is 2.89. The zero-order chi connectivity index (χ0) is 24.8. The highest BCUT2D eigenvalue weighted by molar-refractivity contribution is 6.10. The molecule has 0 aliphatic carbocycles. The van der Waals surface area contributed by atoms with Crippen LogP contribution < -0.4 is 19.7 Å². The Morgan fingerprint density at radius 2 is 1.88 bits per heavy atom. The molecule has 3 rings (SSSR count). The number of nitrogens with zero attached hydrogens (tertiary/aromatic N) is 1. The van der Waals surface area contributed by atoms with Crippen molar-refractivity contribution in [3.8, 4) is 11.5 Å². The van der Waals surface area contributed by atoms with Crippen molar-refractivity contribution in [2.24, 2.45) is 0 Å². The highest BCUT2D eigenvalue weighted by Crippen LogP contribution is 2.39. The van der Waals surface area contributed by atoms with E-state index in [0.717, 1.165) is 4.90 Å². The lowest BCUT2D eigenvalue weighted by atomic mass is 10.0. The monoisotopic (exact) mass is 470 g/mol. The predicted octanol–water partition coefficient (Wildman–Crippen LogP) is 3.63. The maximum atomic E-state index is 15.0. The number of ether oxygens (including phenoxy) is 2. The topological polar surface area (TPSA) is 101 Å². The molecule has 180 valence electrons. The van der Waals surface area contributed by atoms with Crippen molar-refractivity contribution >= 4 is 17.5 Å². The number of hydrogen-bond donors (Lipinski definition) is 2. The van der Waals surface area contributed by atoms with Crippen molar-refractivity contribution in [1.29, 1.82) is 0 Å². The fourth-order valence-electron chi connectivity index (χ4n) is 3.49. The van der Waals surface area contributed by atoms with Gasteiger partial charge in [-0.15, -0.1) is 0 Å². The van der Waals surface area contributed by atoms with Crippen LogP contribution in [0.3, 0.4) is 0 Å². The SMILES string of the molecule is COc1ccc(N(C(=O)c2occc2C)C(C(=O)NC[C@@H](C)O)c2ccccc2F)c(OC)c1. The zero-order valence-corrected chi connectivity index (χ0v) is 19.4. The Hall–Kier alpha value is -3.85. The average Bonchev–Trinajstić information content (AvgIpc) is 3.26. The molecule has 0 saturated heterocycles. The lowest BCUT2D eigenvalue weighted by molar-refractivity contribution is -0.123. The Morgan fingerprint density at radius 3 is 2.47 bits per heavy atom.